The molecule has 0 aliphatic heterocycles. The summed E-state index contributed by atoms with van der Waals surface area (Å²) in [5.41, 5.74) is 8.12. The third-order valence-corrected chi connectivity index (χ3v) is 2.84. The molecule has 90 valence electrons. The van der Waals surface area contributed by atoms with Gasteiger partial charge in [0.15, 0.2) is 0 Å². The lowest BCUT2D eigenvalue weighted by Crippen LogP contribution is -2.15. The standard InChI is InChI=1S/C15H19NO/c1-11-3-6-13(7-4-11)15-10-9-14(17-15)8-5-12(2)16/h3-4,6-7,9-10,12H,5,8,16H2,1-2H3. The smallest absolute Gasteiger partial charge is 0.134 e. The maximum absolute atomic E-state index is 5.80. The van der Waals surface area contributed by atoms with E-state index in [9.17, 15) is 0 Å². The summed E-state index contributed by atoms with van der Waals surface area (Å²) in [4.78, 5) is 0. The van der Waals surface area contributed by atoms with Crippen molar-refractivity contribution in [1.82, 2.24) is 0 Å². The van der Waals surface area contributed by atoms with Crippen LogP contribution in [-0.2, 0) is 6.42 Å². The van der Waals surface area contributed by atoms with Gasteiger partial charge in [-0.2, -0.15) is 0 Å². The maximum Gasteiger partial charge on any atom is 0.134 e. The number of hydrogen-bond donors (Lipinski definition) is 1. The molecule has 1 unspecified atom stereocenters. The SMILES string of the molecule is Cc1ccc(-c2ccc(CCC(C)N)o2)cc1. The number of benzene rings is 1. The number of furan rings is 1. The highest BCUT2D eigenvalue weighted by Gasteiger charge is 2.05. The molecule has 0 spiro atoms. The van der Waals surface area contributed by atoms with E-state index in [1.165, 1.54) is 5.56 Å². The molecule has 0 saturated heterocycles. The Balaban J connectivity index is 2.10. The fraction of sp³-hybridized carbons (Fsp3) is 0.333. The number of hydrogen-bond acceptors (Lipinski definition) is 2. The minimum Gasteiger partial charge on any atom is -0.461 e. The Kier molecular flexibility index (Phi) is 3.64. The van der Waals surface area contributed by atoms with Crippen molar-refractivity contribution in [2.24, 2.45) is 5.73 Å². The van der Waals surface area contributed by atoms with Gasteiger partial charge in [0.1, 0.15) is 11.5 Å². The van der Waals surface area contributed by atoms with E-state index in [0.29, 0.717) is 0 Å². The highest BCUT2D eigenvalue weighted by molar-refractivity contribution is 5.57. The monoisotopic (exact) mass is 229 g/mol. The minimum absolute atomic E-state index is 0.225. The van der Waals surface area contributed by atoms with E-state index in [1.54, 1.807) is 0 Å². The number of nitrogens with two attached hydrogens (primary N) is 1. The highest BCUT2D eigenvalue weighted by atomic mass is 16.3. The molecule has 2 rings (SSSR count). The number of rotatable bonds is 4. The van der Waals surface area contributed by atoms with Crippen LogP contribution in [0, 0.1) is 6.92 Å². The summed E-state index contributed by atoms with van der Waals surface area (Å²) < 4.78 is 5.80. The van der Waals surface area contributed by atoms with Crippen molar-refractivity contribution in [3.05, 3.63) is 47.7 Å². The van der Waals surface area contributed by atoms with Gasteiger partial charge in [0.05, 0.1) is 0 Å². The Labute approximate surface area is 102 Å². The first-order chi connectivity index (χ1) is 8.15. The van der Waals surface area contributed by atoms with Crippen LogP contribution in [0.25, 0.3) is 11.3 Å². The summed E-state index contributed by atoms with van der Waals surface area (Å²) in [6.07, 6.45) is 1.87. The van der Waals surface area contributed by atoms with Gasteiger partial charge in [0, 0.05) is 18.0 Å². The Morgan fingerprint density at radius 2 is 1.82 bits per heavy atom. The molecule has 0 aliphatic carbocycles. The van der Waals surface area contributed by atoms with Crippen LogP contribution in [0.3, 0.4) is 0 Å². The second-order valence-corrected chi connectivity index (χ2v) is 4.65. The number of aryl methyl sites for hydroxylation is 2. The summed E-state index contributed by atoms with van der Waals surface area (Å²) >= 11 is 0. The van der Waals surface area contributed by atoms with Crippen LogP contribution in [0.1, 0.15) is 24.7 Å². The van der Waals surface area contributed by atoms with Crippen LogP contribution in [0.15, 0.2) is 40.8 Å². The largest absolute Gasteiger partial charge is 0.461 e. The van der Waals surface area contributed by atoms with E-state index in [2.05, 4.69) is 31.2 Å². The molecular formula is C15H19NO. The summed E-state index contributed by atoms with van der Waals surface area (Å²) in [7, 11) is 0. The average Bonchev–Trinajstić information content (AvgIpc) is 2.76. The molecule has 0 radical (unpaired) electrons. The fourth-order valence-electron chi connectivity index (χ4n) is 1.76. The van der Waals surface area contributed by atoms with Crippen molar-refractivity contribution >= 4 is 0 Å². The fourth-order valence-corrected chi connectivity index (χ4v) is 1.76. The zero-order valence-corrected chi connectivity index (χ0v) is 10.4. The summed E-state index contributed by atoms with van der Waals surface area (Å²) in [6.45, 7) is 4.10. The molecule has 17 heavy (non-hydrogen) atoms. The van der Waals surface area contributed by atoms with Gasteiger partial charge in [-0.05, 0) is 32.4 Å². The van der Waals surface area contributed by atoms with Gasteiger partial charge in [-0.25, -0.2) is 0 Å². The average molecular weight is 229 g/mol. The van der Waals surface area contributed by atoms with Crippen LogP contribution in [0.5, 0.6) is 0 Å². The lowest BCUT2D eigenvalue weighted by Gasteiger charge is -2.02. The van der Waals surface area contributed by atoms with Gasteiger partial charge < -0.3 is 10.2 Å². The lowest BCUT2D eigenvalue weighted by atomic mass is 10.1. The molecule has 1 atom stereocenters. The van der Waals surface area contributed by atoms with Gasteiger partial charge in [-0.1, -0.05) is 29.8 Å². The summed E-state index contributed by atoms with van der Waals surface area (Å²) in [5.74, 6) is 1.95. The van der Waals surface area contributed by atoms with E-state index in [4.69, 9.17) is 10.2 Å². The molecule has 2 aromatic rings. The Hall–Kier alpha value is -1.54. The van der Waals surface area contributed by atoms with Crippen molar-refractivity contribution in [2.45, 2.75) is 32.7 Å². The third-order valence-electron chi connectivity index (χ3n) is 2.84. The van der Waals surface area contributed by atoms with Crippen molar-refractivity contribution in [1.29, 1.82) is 0 Å². The second kappa shape index (κ2) is 5.19. The third kappa shape index (κ3) is 3.21. The van der Waals surface area contributed by atoms with Crippen LogP contribution >= 0.6 is 0 Å². The summed E-state index contributed by atoms with van der Waals surface area (Å²) in [6, 6.07) is 12.7. The maximum atomic E-state index is 5.80. The minimum atomic E-state index is 0.225. The zero-order valence-electron chi connectivity index (χ0n) is 10.4. The lowest BCUT2D eigenvalue weighted by molar-refractivity contribution is 0.501. The molecule has 1 heterocycles. The van der Waals surface area contributed by atoms with Crippen molar-refractivity contribution in [2.75, 3.05) is 0 Å². The van der Waals surface area contributed by atoms with Gasteiger partial charge in [0.25, 0.3) is 0 Å². The first-order valence-corrected chi connectivity index (χ1v) is 6.06. The Bertz CT molecular complexity index is 468. The van der Waals surface area contributed by atoms with Crippen molar-refractivity contribution < 1.29 is 4.42 Å². The van der Waals surface area contributed by atoms with Crippen LogP contribution < -0.4 is 5.73 Å². The molecule has 2 heteroatoms. The van der Waals surface area contributed by atoms with Crippen molar-refractivity contribution in [3.63, 3.8) is 0 Å². The van der Waals surface area contributed by atoms with Gasteiger partial charge in [-0.3, -0.25) is 0 Å². The van der Waals surface area contributed by atoms with E-state index >= 15 is 0 Å². The predicted molar refractivity (Wildman–Crippen MR) is 70.9 cm³/mol. The van der Waals surface area contributed by atoms with E-state index < -0.39 is 0 Å². The second-order valence-electron chi connectivity index (χ2n) is 4.65. The van der Waals surface area contributed by atoms with E-state index in [1.807, 2.05) is 19.1 Å². The Morgan fingerprint density at radius 3 is 2.47 bits per heavy atom. The predicted octanol–water partition coefficient (Wildman–Crippen LogP) is 3.53. The van der Waals surface area contributed by atoms with Gasteiger partial charge >= 0.3 is 0 Å². The molecule has 1 aromatic carbocycles. The van der Waals surface area contributed by atoms with E-state index in [-0.39, 0.29) is 6.04 Å². The molecule has 2 nitrogen and oxygen atoms in total. The molecule has 0 amide bonds. The molecule has 1 aromatic heterocycles. The molecule has 0 aliphatic rings. The van der Waals surface area contributed by atoms with E-state index in [0.717, 1.165) is 29.9 Å². The molecule has 2 N–H and O–H groups in total. The highest BCUT2D eigenvalue weighted by Crippen LogP contribution is 2.23. The normalized spacial score (nSPS) is 12.6. The molecule has 0 bridgehead atoms. The quantitative estimate of drug-likeness (QED) is 0.871. The topological polar surface area (TPSA) is 39.2 Å². The first-order valence-electron chi connectivity index (χ1n) is 6.06. The van der Waals surface area contributed by atoms with Gasteiger partial charge in [-0.15, -0.1) is 0 Å². The molecule has 0 saturated carbocycles. The van der Waals surface area contributed by atoms with Crippen LogP contribution in [0.2, 0.25) is 0 Å². The van der Waals surface area contributed by atoms with Gasteiger partial charge in [0.2, 0.25) is 0 Å². The Morgan fingerprint density at radius 1 is 1.12 bits per heavy atom. The van der Waals surface area contributed by atoms with Crippen LogP contribution in [-0.4, -0.2) is 6.04 Å². The molecular weight excluding hydrogens is 210 g/mol. The molecule has 0 fully saturated rings. The first kappa shape index (κ1) is 11.9. The van der Waals surface area contributed by atoms with Crippen molar-refractivity contribution in [3.8, 4) is 11.3 Å². The zero-order chi connectivity index (χ0) is 12.3. The summed E-state index contributed by atoms with van der Waals surface area (Å²) in [5, 5.41) is 0. The van der Waals surface area contributed by atoms with Crippen LogP contribution in [0.4, 0.5) is 0 Å².